The van der Waals surface area contributed by atoms with Crippen molar-refractivity contribution >= 4 is 35.0 Å². The third-order valence-corrected chi connectivity index (χ3v) is 6.77. The molecule has 3 nitrogen and oxygen atoms in total. The van der Waals surface area contributed by atoms with Crippen LogP contribution in [-0.4, -0.2) is 24.7 Å². The van der Waals surface area contributed by atoms with Gasteiger partial charge in [-0.1, -0.05) is 30.7 Å². The predicted molar refractivity (Wildman–Crippen MR) is 125 cm³/mol. The lowest BCUT2D eigenvalue weighted by molar-refractivity contribution is -0.121. The Morgan fingerprint density at radius 3 is 2.62 bits per heavy atom. The zero-order valence-electron chi connectivity index (χ0n) is 17.4. The number of hydrogen-bond acceptors (Lipinski definition) is 3. The normalized spacial score (nSPS) is 17.8. The Labute approximate surface area is 184 Å². The molecular weight excluding hydrogens is 400 g/mol. The monoisotopic (exact) mass is 430 g/mol. The first-order chi connectivity index (χ1) is 14.0. The number of benzene rings is 2. The van der Waals surface area contributed by atoms with Crippen molar-refractivity contribution in [3.05, 3.63) is 59.1 Å². The minimum atomic E-state index is 0.0285. The summed E-state index contributed by atoms with van der Waals surface area (Å²) < 4.78 is 0. The maximum atomic E-state index is 12.3. The number of carbonyl (C=O) groups is 1. The molecule has 1 aliphatic heterocycles. The third kappa shape index (κ3) is 6.97. The van der Waals surface area contributed by atoms with Crippen molar-refractivity contribution in [3.63, 3.8) is 0 Å². The molecule has 29 heavy (non-hydrogen) atoms. The number of carbonyl (C=O) groups excluding carboxylic acids is 1. The van der Waals surface area contributed by atoms with Crippen molar-refractivity contribution in [2.75, 3.05) is 23.7 Å². The minimum absolute atomic E-state index is 0.0285. The summed E-state index contributed by atoms with van der Waals surface area (Å²) in [6.07, 6.45) is 4.01. The summed E-state index contributed by atoms with van der Waals surface area (Å²) in [7, 11) is 0. The topological polar surface area (TPSA) is 32.3 Å². The van der Waals surface area contributed by atoms with E-state index >= 15 is 0 Å². The molecule has 1 saturated heterocycles. The largest absolute Gasteiger partial charge is 0.371 e. The van der Waals surface area contributed by atoms with Crippen LogP contribution in [0, 0.1) is 5.92 Å². The van der Waals surface area contributed by atoms with Crippen LogP contribution < -0.4 is 10.2 Å². The van der Waals surface area contributed by atoms with Crippen LogP contribution in [0.25, 0.3) is 0 Å². The number of thioether (sulfide) groups is 1. The number of rotatable bonds is 8. The van der Waals surface area contributed by atoms with Gasteiger partial charge in [0.2, 0.25) is 5.91 Å². The molecule has 1 aliphatic rings. The number of nitrogens with one attached hydrogen (secondary N) is 1. The Morgan fingerprint density at radius 1 is 1.21 bits per heavy atom. The second-order valence-electron chi connectivity index (χ2n) is 7.98. The van der Waals surface area contributed by atoms with E-state index in [1.54, 1.807) is 11.8 Å². The Kier molecular flexibility index (Phi) is 8.31. The molecule has 2 atom stereocenters. The van der Waals surface area contributed by atoms with Gasteiger partial charge in [0.25, 0.3) is 0 Å². The molecule has 0 unspecified atom stereocenters. The molecule has 2 aromatic rings. The number of nitrogens with zero attached hydrogens (tertiary/aromatic N) is 1. The van der Waals surface area contributed by atoms with E-state index in [4.69, 9.17) is 11.6 Å². The molecule has 0 aliphatic carbocycles. The first-order valence-electron chi connectivity index (χ1n) is 10.5. The van der Waals surface area contributed by atoms with Gasteiger partial charge in [-0.2, -0.15) is 0 Å². The van der Waals surface area contributed by atoms with E-state index in [0.29, 0.717) is 6.42 Å². The van der Waals surface area contributed by atoms with Crippen LogP contribution in [0.3, 0.4) is 0 Å². The molecule has 156 valence electrons. The average molecular weight is 431 g/mol. The van der Waals surface area contributed by atoms with Gasteiger partial charge < -0.3 is 10.2 Å². The third-order valence-electron chi connectivity index (χ3n) is 5.42. The van der Waals surface area contributed by atoms with Gasteiger partial charge in [0, 0.05) is 35.1 Å². The van der Waals surface area contributed by atoms with E-state index in [0.717, 1.165) is 41.8 Å². The van der Waals surface area contributed by atoms with Crippen LogP contribution in [-0.2, 0) is 4.79 Å². The van der Waals surface area contributed by atoms with E-state index in [1.807, 2.05) is 24.3 Å². The zero-order valence-corrected chi connectivity index (χ0v) is 18.9. The lowest BCUT2D eigenvalue weighted by Crippen LogP contribution is -2.34. The molecule has 0 bridgehead atoms. The van der Waals surface area contributed by atoms with Crippen LogP contribution in [0.15, 0.2) is 53.4 Å². The molecule has 0 aromatic heterocycles. The summed E-state index contributed by atoms with van der Waals surface area (Å²) in [4.78, 5) is 15.9. The number of halogens is 1. The number of amides is 1. The van der Waals surface area contributed by atoms with E-state index in [9.17, 15) is 4.79 Å². The van der Waals surface area contributed by atoms with Crippen molar-refractivity contribution in [1.82, 2.24) is 5.32 Å². The molecule has 1 heterocycles. The van der Waals surface area contributed by atoms with Crippen molar-refractivity contribution in [2.24, 2.45) is 5.92 Å². The number of anilines is 1. The average Bonchev–Trinajstić information content (AvgIpc) is 2.72. The first-order valence-corrected chi connectivity index (χ1v) is 11.9. The summed E-state index contributed by atoms with van der Waals surface area (Å²) in [6, 6.07) is 16.5. The number of hydrogen-bond donors (Lipinski definition) is 1. The van der Waals surface area contributed by atoms with Crippen LogP contribution in [0.4, 0.5) is 5.69 Å². The SMILES string of the molecule is C[C@H]1CCCN(c2ccc([C@@H](C)NC(=O)CCCSc3ccc(Cl)cc3)cc2)C1. The van der Waals surface area contributed by atoms with Gasteiger partial charge in [-0.25, -0.2) is 0 Å². The van der Waals surface area contributed by atoms with Gasteiger partial charge >= 0.3 is 0 Å². The fraction of sp³-hybridized carbons (Fsp3) is 0.458. The van der Waals surface area contributed by atoms with Gasteiger partial charge in [-0.05, 0) is 79.8 Å². The highest BCUT2D eigenvalue weighted by Crippen LogP contribution is 2.25. The van der Waals surface area contributed by atoms with Crippen molar-refractivity contribution in [2.45, 2.75) is 50.5 Å². The Hall–Kier alpha value is -1.65. The van der Waals surface area contributed by atoms with Crippen molar-refractivity contribution in [3.8, 4) is 0 Å². The molecular formula is C24H31ClN2OS. The zero-order chi connectivity index (χ0) is 20.6. The quantitative estimate of drug-likeness (QED) is 0.392. The van der Waals surface area contributed by atoms with Gasteiger partial charge in [-0.15, -0.1) is 11.8 Å². The maximum absolute atomic E-state index is 12.3. The highest BCUT2D eigenvalue weighted by Gasteiger charge is 2.17. The van der Waals surface area contributed by atoms with Crippen molar-refractivity contribution in [1.29, 1.82) is 0 Å². The predicted octanol–water partition coefficient (Wildman–Crippen LogP) is 6.33. The highest BCUT2D eigenvalue weighted by atomic mass is 35.5. The summed E-state index contributed by atoms with van der Waals surface area (Å²) in [6.45, 7) is 6.66. The molecule has 0 saturated carbocycles. The van der Waals surface area contributed by atoms with Crippen LogP contribution in [0.5, 0.6) is 0 Å². The fourth-order valence-electron chi connectivity index (χ4n) is 3.75. The van der Waals surface area contributed by atoms with Gasteiger partial charge in [0.05, 0.1) is 6.04 Å². The van der Waals surface area contributed by atoms with E-state index in [1.165, 1.54) is 23.4 Å². The Balaban J connectivity index is 1.40. The molecule has 1 N–H and O–H groups in total. The van der Waals surface area contributed by atoms with Crippen LogP contribution in [0.2, 0.25) is 5.02 Å². The second kappa shape index (κ2) is 10.9. The van der Waals surface area contributed by atoms with E-state index in [-0.39, 0.29) is 11.9 Å². The summed E-state index contributed by atoms with van der Waals surface area (Å²) in [5.41, 5.74) is 2.45. The molecule has 0 radical (unpaired) electrons. The van der Waals surface area contributed by atoms with Crippen molar-refractivity contribution < 1.29 is 4.79 Å². The van der Waals surface area contributed by atoms with Gasteiger partial charge in [-0.3, -0.25) is 4.79 Å². The summed E-state index contributed by atoms with van der Waals surface area (Å²) in [5, 5.41) is 3.88. The molecule has 2 aromatic carbocycles. The van der Waals surface area contributed by atoms with Crippen LogP contribution >= 0.6 is 23.4 Å². The molecule has 1 fully saturated rings. The molecule has 1 amide bonds. The molecule has 0 spiro atoms. The number of piperidine rings is 1. The fourth-order valence-corrected chi connectivity index (χ4v) is 4.73. The van der Waals surface area contributed by atoms with Crippen LogP contribution in [0.1, 0.15) is 51.1 Å². The summed E-state index contributed by atoms with van der Waals surface area (Å²) >= 11 is 7.66. The van der Waals surface area contributed by atoms with E-state index < -0.39 is 0 Å². The smallest absolute Gasteiger partial charge is 0.220 e. The Morgan fingerprint density at radius 2 is 1.93 bits per heavy atom. The highest BCUT2D eigenvalue weighted by molar-refractivity contribution is 7.99. The minimum Gasteiger partial charge on any atom is -0.371 e. The molecule has 3 rings (SSSR count). The maximum Gasteiger partial charge on any atom is 0.220 e. The van der Waals surface area contributed by atoms with Gasteiger partial charge in [0.1, 0.15) is 0 Å². The van der Waals surface area contributed by atoms with E-state index in [2.05, 4.69) is 48.3 Å². The standard InChI is InChI=1S/C24H31ClN2OS/c1-18-5-3-15-27(17-18)22-11-7-20(8-12-22)19(2)26-24(28)6-4-16-29-23-13-9-21(25)10-14-23/h7-14,18-19H,3-6,15-17H2,1-2H3,(H,26,28)/t18-,19+/m0/s1. The lowest BCUT2D eigenvalue weighted by atomic mass is 9.99. The lowest BCUT2D eigenvalue weighted by Gasteiger charge is -2.33. The first kappa shape index (κ1) is 22.0. The molecule has 5 heteroatoms. The van der Waals surface area contributed by atoms with Gasteiger partial charge in [0.15, 0.2) is 0 Å². The Bertz CT molecular complexity index is 778. The summed E-state index contributed by atoms with van der Waals surface area (Å²) in [5.74, 6) is 1.80. The second-order valence-corrected chi connectivity index (χ2v) is 9.58.